The van der Waals surface area contributed by atoms with Crippen molar-refractivity contribution >= 4 is 45.5 Å². The number of nitrogens with zero attached hydrogens (tertiary/aromatic N) is 1. The molecule has 4 rings (SSSR count). The minimum atomic E-state index is -0.658. The molecule has 7 nitrogen and oxygen atoms in total. The van der Waals surface area contributed by atoms with E-state index in [1.807, 2.05) is 44.2 Å². The molecule has 0 saturated carbocycles. The minimum absolute atomic E-state index is 0.0440. The zero-order valence-corrected chi connectivity index (χ0v) is 19.0. The van der Waals surface area contributed by atoms with Crippen LogP contribution >= 0.6 is 15.9 Å². The van der Waals surface area contributed by atoms with Gasteiger partial charge in [0.15, 0.2) is 0 Å². The number of urea groups is 1. The van der Waals surface area contributed by atoms with E-state index in [2.05, 4.69) is 26.6 Å². The number of carbonyl (C=O) groups is 3. The first-order valence-corrected chi connectivity index (χ1v) is 10.7. The summed E-state index contributed by atoms with van der Waals surface area (Å²) in [6.07, 6.45) is 1.45. The van der Waals surface area contributed by atoms with Crippen LogP contribution in [0.3, 0.4) is 0 Å². The smallest absolute Gasteiger partial charge is 0.329 e. The lowest BCUT2D eigenvalue weighted by Crippen LogP contribution is -2.38. The standard InChI is InChI=1S/C24H20BrN3O4/c1-14-7-9-17(18(25)11-14)21-10-8-16(32-21)12-20-23(30)28(24(31)27-20)13-22(29)26-19-6-4-3-5-15(19)2/h3-12H,13H2,1-2H3,(H,26,29)(H,27,31)/b20-12-. The summed E-state index contributed by atoms with van der Waals surface area (Å²) in [5.41, 5.74) is 3.54. The molecule has 0 bridgehead atoms. The second-order valence-electron chi connectivity index (χ2n) is 7.43. The van der Waals surface area contributed by atoms with Crippen molar-refractivity contribution in [2.45, 2.75) is 13.8 Å². The molecule has 0 radical (unpaired) electrons. The lowest BCUT2D eigenvalue weighted by molar-refractivity contribution is -0.127. The van der Waals surface area contributed by atoms with E-state index in [4.69, 9.17) is 4.42 Å². The van der Waals surface area contributed by atoms with E-state index in [-0.39, 0.29) is 5.70 Å². The number of aryl methyl sites for hydroxylation is 2. The fourth-order valence-electron chi connectivity index (χ4n) is 3.30. The number of halogens is 1. The number of amides is 4. The zero-order valence-electron chi connectivity index (χ0n) is 17.4. The van der Waals surface area contributed by atoms with Crippen LogP contribution in [0.15, 0.2) is 69.2 Å². The second-order valence-corrected chi connectivity index (χ2v) is 8.28. The van der Waals surface area contributed by atoms with Crippen LogP contribution in [-0.2, 0) is 9.59 Å². The molecule has 1 aliphatic rings. The lowest BCUT2D eigenvalue weighted by atomic mass is 10.1. The number of hydrogen-bond acceptors (Lipinski definition) is 4. The predicted molar refractivity (Wildman–Crippen MR) is 125 cm³/mol. The maximum Gasteiger partial charge on any atom is 0.329 e. The lowest BCUT2D eigenvalue weighted by Gasteiger charge is -2.13. The van der Waals surface area contributed by atoms with Gasteiger partial charge in [0.25, 0.3) is 5.91 Å². The van der Waals surface area contributed by atoms with Gasteiger partial charge >= 0.3 is 6.03 Å². The summed E-state index contributed by atoms with van der Waals surface area (Å²) in [4.78, 5) is 38.2. The fraction of sp³-hybridized carbons (Fsp3) is 0.125. The highest BCUT2D eigenvalue weighted by molar-refractivity contribution is 9.10. The number of para-hydroxylation sites is 1. The Morgan fingerprint density at radius 3 is 2.66 bits per heavy atom. The second kappa shape index (κ2) is 8.84. The molecule has 0 atom stereocenters. The molecule has 0 unspecified atom stereocenters. The summed E-state index contributed by atoms with van der Waals surface area (Å²) in [7, 11) is 0. The van der Waals surface area contributed by atoms with Gasteiger partial charge in [0.05, 0.1) is 0 Å². The monoisotopic (exact) mass is 493 g/mol. The van der Waals surface area contributed by atoms with Gasteiger partial charge in [-0.25, -0.2) is 9.69 Å². The number of nitrogens with one attached hydrogen (secondary N) is 2. The van der Waals surface area contributed by atoms with E-state index in [1.165, 1.54) is 6.08 Å². The SMILES string of the molecule is Cc1ccc(-c2ccc(/C=C3\NC(=O)N(CC(=O)Nc4ccccc4C)C3=O)o2)c(Br)c1. The molecule has 1 aromatic heterocycles. The van der Waals surface area contributed by atoms with Gasteiger partial charge in [-0.15, -0.1) is 0 Å². The van der Waals surface area contributed by atoms with Crippen LogP contribution in [0.2, 0.25) is 0 Å². The van der Waals surface area contributed by atoms with Crippen LogP contribution in [0.1, 0.15) is 16.9 Å². The molecule has 8 heteroatoms. The third-order valence-corrected chi connectivity index (χ3v) is 5.64. The fourth-order valence-corrected chi connectivity index (χ4v) is 3.99. The molecular formula is C24H20BrN3O4. The van der Waals surface area contributed by atoms with E-state index < -0.39 is 24.4 Å². The summed E-state index contributed by atoms with van der Waals surface area (Å²) >= 11 is 3.53. The molecule has 1 fully saturated rings. The molecule has 32 heavy (non-hydrogen) atoms. The van der Waals surface area contributed by atoms with Crippen molar-refractivity contribution in [1.82, 2.24) is 10.2 Å². The summed E-state index contributed by atoms with van der Waals surface area (Å²) < 4.78 is 6.73. The van der Waals surface area contributed by atoms with Gasteiger partial charge in [-0.3, -0.25) is 9.59 Å². The number of imide groups is 1. The molecule has 0 spiro atoms. The van der Waals surface area contributed by atoms with Gasteiger partial charge < -0.3 is 15.1 Å². The van der Waals surface area contributed by atoms with Crippen LogP contribution in [-0.4, -0.2) is 29.3 Å². The average Bonchev–Trinajstić information content (AvgIpc) is 3.30. The summed E-state index contributed by atoms with van der Waals surface area (Å²) in [6.45, 7) is 3.46. The number of hydrogen-bond donors (Lipinski definition) is 2. The molecule has 2 heterocycles. The van der Waals surface area contributed by atoms with E-state index >= 15 is 0 Å². The van der Waals surface area contributed by atoms with E-state index in [0.29, 0.717) is 17.2 Å². The Kier molecular flexibility index (Phi) is 5.96. The van der Waals surface area contributed by atoms with Crippen LogP contribution < -0.4 is 10.6 Å². The van der Waals surface area contributed by atoms with Gasteiger partial charge in [-0.05, 0) is 55.3 Å². The molecule has 2 N–H and O–H groups in total. The van der Waals surface area contributed by atoms with Gasteiger partial charge in [0.2, 0.25) is 5.91 Å². The normalized spacial score (nSPS) is 14.7. The molecule has 1 aliphatic heterocycles. The third-order valence-electron chi connectivity index (χ3n) is 4.99. The van der Waals surface area contributed by atoms with Crippen molar-refractivity contribution in [2.24, 2.45) is 0 Å². The molecular weight excluding hydrogens is 474 g/mol. The maximum atomic E-state index is 12.7. The number of furan rings is 1. The minimum Gasteiger partial charge on any atom is -0.457 e. The Balaban J connectivity index is 1.47. The predicted octanol–water partition coefficient (Wildman–Crippen LogP) is 4.86. The Labute approximate surface area is 193 Å². The molecule has 4 amide bonds. The highest BCUT2D eigenvalue weighted by Crippen LogP contribution is 2.31. The molecule has 1 saturated heterocycles. The molecule has 0 aliphatic carbocycles. The Morgan fingerprint density at radius 1 is 1.12 bits per heavy atom. The van der Waals surface area contributed by atoms with Gasteiger partial charge in [0.1, 0.15) is 23.8 Å². The first-order chi connectivity index (χ1) is 15.3. The van der Waals surface area contributed by atoms with Gasteiger partial charge in [0, 0.05) is 21.8 Å². The zero-order chi connectivity index (χ0) is 22.8. The summed E-state index contributed by atoms with van der Waals surface area (Å²) in [6, 6.07) is 16.0. The van der Waals surface area contributed by atoms with Gasteiger partial charge in [-0.1, -0.05) is 40.2 Å². The first kappa shape index (κ1) is 21.6. The largest absolute Gasteiger partial charge is 0.457 e. The molecule has 3 aromatic rings. The highest BCUT2D eigenvalue weighted by atomic mass is 79.9. The Hall–Kier alpha value is -3.65. The van der Waals surface area contributed by atoms with E-state index in [0.717, 1.165) is 26.1 Å². The first-order valence-electron chi connectivity index (χ1n) is 9.88. The number of benzene rings is 2. The molecule has 162 valence electrons. The van der Waals surface area contributed by atoms with Crippen molar-refractivity contribution in [3.05, 3.63) is 81.7 Å². The highest BCUT2D eigenvalue weighted by Gasteiger charge is 2.35. The topological polar surface area (TPSA) is 91.7 Å². The Bertz CT molecular complexity index is 1260. The maximum absolute atomic E-state index is 12.7. The molecule has 2 aromatic carbocycles. The summed E-state index contributed by atoms with van der Waals surface area (Å²) in [5.74, 6) is -0.0322. The number of carbonyl (C=O) groups excluding carboxylic acids is 3. The average molecular weight is 494 g/mol. The van der Waals surface area contributed by atoms with Crippen molar-refractivity contribution in [3.8, 4) is 11.3 Å². The van der Waals surface area contributed by atoms with Gasteiger partial charge in [-0.2, -0.15) is 0 Å². The van der Waals surface area contributed by atoms with Crippen molar-refractivity contribution < 1.29 is 18.8 Å². The van der Waals surface area contributed by atoms with Crippen molar-refractivity contribution in [2.75, 3.05) is 11.9 Å². The number of anilines is 1. The van der Waals surface area contributed by atoms with Crippen molar-refractivity contribution in [3.63, 3.8) is 0 Å². The van der Waals surface area contributed by atoms with Crippen LogP contribution in [0.4, 0.5) is 10.5 Å². The van der Waals surface area contributed by atoms with Crippen molar-refractivity contribution in [1.29, 1.82) is 0 Å². The van der Waals surface area contributed by atoms with E-state index in [1.54, 1.807) is 24.3 Å². The summed E-state index contributed by atoms with van der Waals surface area (Å²) in [5, 5.41) is 5.22. The third kappa shape index (κ3) is 4.50. The van der Waals surface area contributed by atoms with E-state index in [9.17, 15) is 14.4 Å². The number of rotatable bonds is 5. The van der Waals surface area contributed by atoms with Crippen LogP contribution in [0.5, 0.6) is 0 Å². The Morgan fingerprint density at radius 2 is 1.91 bits per heavy atom. The van der Waals surface area contributed by atoms with Crippen LogP contribution in [0.25, 0.3) is 17.4 Å². The van der Waals surface area contributed by atoms with Crippen LogP contribution in [0, 0.1) is 13.8 Å². The quantitative estimate of drug-likeness (QED) is 0.392.